The van der Waals surface area contributed by atoms with E-state index in [1.54, 1.807) is 32.2 Å². The smallest absolute Gasteiger partial charge is 0.251 e. The van der Waals surface area contributed by atoms with Crippen molar-refractivity contribution in [1.29, 1.82) is 0 Å². The lowest BCUT2D eigenvalue weighted by atomic mass is 10.1. The van der Waals surface area contributed by atoms with Crippen LogP contribution < -0.4 is 14.8 Å². The van der Waals surface area contributed by atoms with Crippen molar-refractivity contribution in [3.8, 4) is 5.75 Å². The highest BCUT2D eigenvalue weighted by Crippen LogP contribution is 2.20. The maximum Gasteiger partial charge on any atom is 0.251 e. The fraction of sp³-hybridized carbons (Fsp3) is 0.261. The van der Waals surface area contributed by atoms with Gasteiger partial charge in [-0.15, -0.1) is 0 Å². The van der Waals surface area contributed by atoms with Crippen molar-refractivity contribution in [2.24, 2.45) is 0 Å². The summed E-state index contributed by atoms with van der Waals surface area (Å²) in [6.07, 6.45) is 2.07. The van der Waals surface area contributed by atoms with Gasteiger partial charge in [-0.25, -0.2) is 13.1 Å². The fourth-order valence-corrected chi connectivity index (χ4v) is 4.20. The third-order valence-electron chi connectivity index (χ3n) is 4.90. The van der Waals surface area contributed by atoms with Crippen molar-refractivity contribution in [2.75, 3.05) is 13.7 Å². The lowest BCUT2D eigenvalue weighted by Gasteiger charge is -2.12. The number of carbonyl (C=O) groups is 1. The van der Waals surface area contributed by atoms with Gasteiger partial charge in [0, 0.05) is 12.1 Å². The van der Waals surface area contributed by atoms with Gasteiger partial charge in [0.15, 0.2) is 0 Å². The number of amides is 1. The molecule has 1 aromatic heterocycles. The van der Waals surface area contributed by atoms with Crippen LogP contribution in [0.25, 0.3) is 0 Å². The predicted molar refractivity (Wildman–Crippen MR) is 118 cm³/mol. The second-order valence-electron chi connectivity index (χ2n) is 7.20. The van der Waals surface area contributed by atoms with E-state index in [9.17, 15) is 13.2 Å². The van der Waals surface area contributed by atoms with Crippen molar-refractivity contribution in [2.45, 2.75) is 31.7 Å². The van der Waals surface area contributed by atoms with Crippen LogP contribution in [0.4, 0.5) is 0 Å². The topological polar surface area (TPSA) is 97.6 Å². The first-order valence-corrected chi connectivity index (χ1v) is 11.3. The number of hydrogen-bond donors (Lipinski definition) is 2. The molecule has 0 spiro atoms. The summed E-state index contributed by atoms with van der Waals surface area (Å²) in [5.74, 6) is 0.944. The Hall–Kier alpha value is -3.10. The maximum atomic E-state index is 12.7. The number of methoxy groups -OCH3 is 1. The Balaban J connectivity index is 1.68. The molecule has 7 nitrogen and oxygen atoms in total. The predicted octanol–water partition coefficient (Wildman–Crippen LogP) is 3.36. The summed E-state index contributed by atoms with van der Waals surface area (Å²) in [7, 11) is -2.18. The number of nitrogens with one attached hydrogen (secondary N) is 2. The van der Waals surface area contributed by atoms with Crippen LogP contribution in [0.3, 0.4) is 0 Å². The molecule has 31 heavy (non-hydrogen) atoms. The van der Waals surface area contributed by atoms with E-state index in [1.165, 1.54) is 18.4 Å². The normalized spacial score (nSPS) is 11.3. The number of furan rings is 1. The van der Waals surface area contributed by atoms with Gasteiger partial charge in [-0.3, -0.25) is 4.79 Å². The quantitative estimate of drug-likeness (QED) is 0.530. The van der Waals surface area contributed by atoms with Gasteiger partial charge in [-0.05, 0) is 61.7 Å². The van der Waals surface area contributed by atoms with Crippen molar-refractivity contribution in [3.63, 3.8) is 0 Å². The summed E-state index contributed by atoms with van der Waals surface area (Å²) in [6.45, 7) is 4.19. The molecule has 164 valence electrons. The molecular weight excluding hydrogens is 416 g/mol. The van der Waals surface area contributed by atoms with Gasteiger partial charge in [0.1, 0.15) is 11.5 Å². The average Bonchev–Trinajstić information content (AvgIpc) is 3.26. The Morgan fingerprint density at radius 1 is 1.10 bits per heavy atom. The second kappa shape index (κ2) is 9.80. The molecule has 0 aliphatic carbocycles. The first-order chi connectivity index (χ1) is 14.8. The number of hydrogen-bond acceptors (Lipinski definition) is 5. The zero-order valence-corrected chi connectivity index (χ0v) is 18.6. The molecule has 0 aliphatic rings. The van der Waals surface area contributed by atoms with Crippen LogP contribution in [-0.4, -0.2) is 28.0 Å². The minimum absolute atomic E-state index is 0.0233. The van der Waals surface area contributed by atoms with Gasteiger partial charge in [0.05, 0.1) is 24.8 Å². The molecule has 2 aromatic carbocycles. The standard InChI is InChI=1S/C23H26N2O5S/c1-16-6-9-22(29-3)18(13-16)10-11-24-23(26)21-14-20(8-7-17(21)2)31(27,28)25-15-19-5-4-12-30-19/h4-9,12-14,25H,10-11,15H2,1-3H3,(H,24,26). The summed E-state index contributed by atoms with van der Waals surface area (Å²) in [4.78, 5) is 12.8. The lowest BCUT2D eigenvalue weighted by Crippen LogP contribution is -2.27. The molecule has 1 amide bonds. The minimum atomic E-state index is -3.79. The monoisotopic (exact) mass is 442 g/mol. The van der Waals surface area contributed by atoms with Gasteiger partial charge in [0.2, 0.25) is 10.0 Å². The fourth-order valence-electron chi connectivity index (χ4n) is 3.18. The Kier molecular flexibility index (Phi) is 7.14. The molecule has 3 rings (SSSR count). The van der Waals surface area contributed by atoms with Crippen LogP contribution in [0.1, 0.15) is 32.8 Å². The molecule has 0 aliphatic heterocycles. The molecule has 0 unspecified atom stereocenters. The Morgan fingerprint density at radius 3 is 2.61 bits per heavy atom. The van der Waals surface area contributed by atoms with Crippen molar-refractivity contribution < 1.29 is 22.4 Å². The number of ether oxygens (including phenoxy) is 1. The van der Waals surface area contributed by atoms with Gasteiger partial charge in [0.25, 0.3) is 5.91 Å². The molecule has 3 aromatic rings. The molecule has 0 fully saturated rings. The van der Waals surface area contributed by atoms with E-state index in [2.05, 4.69) is 10.0 Å². The third kappa shape index (κ3) is 5.74. The van der Waals surface area contributed by atoms with Crippen molar-refractivity contribution in [3.05, 3.63) is 82.8 Å². The van der Waals surface area contributed by atoms with Crippen LogP contribution in [-0.2, 0) is 23.0 Å². The molecule has 0 saturated carbocycles. The van der Waals surface area contributed by atoms with Crippen LogP contribution in [0, 0.1) is 13.8 Å². The third-order valence-corrected chi connectivity index (χ3v) is 6.30. The van der Waals surface area contributed by atoms with Crippen molar-refractivity contribution in [1.82, 2.24) is 10.0 Å². The van der Waals surface area contributed by atoms with E-state index in [4.69, 9.17) is 9.15 Å². The first kappa shape index (κ1) is 22.6. The highest BCUT2D eigenvalue weighted by molar-refractivity contribution is 7.89. The number of benzene rings is 2. The van der Waals surface area contributed by atoms with Crippen LogP contribution >= 0.6 is 0 Å². The van der Waals surface area contributed by atoms with Crippen LogP contribution in [0.2, 0.25) is 0 Å². The lowest BCUT2D eigenvalue weighted by molar-refractivity contribution is 0.0953. The largest absolute Gasteiger partial charge is 0.496 e. The van der Waals surface area contributed by atoms with Crippen LogP contribution in [0.5, 0.6) is 5.75 Å². The number of rotatable bonds is 9. The number of sulfonamides is 1. The van der Waals surface area contributed by atoms with Gasteiger partial charge in [-0.1, -0.05) is 23.8 Å². The number of carbonyl (C=O) groups excluding carboxylic acids is 1. The first-order valence-electron chi connectivity index (χ1n) is 9.84. The van der Waals surface area contributed by atoms with E-state index in [1.807, 2.05) is 25.1 Å². The highest BCUT2D eigenvalue weighted by atomic mass is 32.2. The van der Waals surface area contributed by atoms with E-state index >= 15 is 0 Å². The summed E-state index contributed by atoms with van der Waals surface area (Å²) >= 11 is 0. The van der Waals surface area contributed by atoms with Gasteiger partial charge >= 0.3 is 0 Å². The minimum Gasteiger partial charge on any atom is -0.496 e. The van der Waals surface area contributed by atoms with Gasteiger partial charge < -0.3 is 14.5 Å². The van der Waals surface area contributed by atoms with E-state index in [0.29, 0.717) is 29.9 Å². The molecule has 0 atom stereocenters. The zero-order chi connectivity index (χ0) is 22.4. The molecule has 0 saturated heterocycles. The maximum absolute atomic E-state index is 12.7. The highest BCUT2D eigenvalue weighted by Gasteiger charge is 2.18. The molecule has 1 heterocycles. The molecule has 0 bridgehead atoms. The summed E-state index contributed by atoms with van der Waals surface area (Å²) in [5.41, 5.74) is 3.11. The zero-order valence-electron chi connectivity index (χ0n) is 17.8. The Bertz CT molecular complexity index is 1150. The SMILES string of the molecule is COc1ccc(C)cc1CCNC(=O)c1cc(S(=O)(=O)NCc2ccco2)ccc1C. The van der Waals surface area contributed by atoms with E-state index in [-0.39, 0.29) is 17.3 Å². The summed E-state index contributed by atoms with van der Waals surface area (Å²) in [5, 5.41) is 2.87. The second-order valence-corrected chi connectivity index (χ2v) is 8.97. The molecule has 8 heteroatoms. The van der Waals surface area contributed by atoms with E-state index in [0.717, 1.165) is 16.9 Å². The Morgan fingerprint density at radius 2 is 1.90 bits per heavy atom. The molecular formula is C23H26N2O5S. The van der Waals surface area contributed by atoms with Crippen LogP contribution in [0.15, 0.2) is 64.1 Å². The van der Waals surface area contributed by atoms with E-state index < -0.39 is 10.0 Å². The van der Waals surface area contributed by atoms with Gasteiger partial charge in [-0.2, -0.15) is 0 Å². The van der Waals surface area contributed by atoms with Crippen molar-refractivity contribution >= 4 is 15.9 Å². The summed E-state index contributed by atoms with van der Waals surface area (Å²) in [6, 6.07) is 13.8. The summed E-state index contributed by atoms with van der Waals surface area (Å²) < 4.78 is 38.2. The molecule has 2 N–H and O–H groups in total. The Labute approximate surface area is 182 Å². The number of aryl methyl sites for hydroxylation is 2. The average molecular weight is 443 g/mol. The molecule has 0 radical (unpaired) electrons.